The Morgan fingerprint density at radius 2 is 1.58 bits per heavy atom. The molecule has 2 rings (SSSR count). The minimum absolute atomic E-state index is 0.00452. The van der Waals surface area contributed by atoms with Crippen LogP contribution in [0.15, 0.2) is 48.5 Å². The van der Waals surface area contributed by atoms with Crippen molar-refractivity contribution in [1.82, 2.24) is 4.90 Å². The largest absolute Gasteiger partial charge is 0.325 e. The number of hydrogen-bond donors (Lipinski definition) is 2. The molecule has 0 aliphatic rings. The van der Waals surface area contributed by atoms with Crippen LogP contribution in [0.5, 0.6) is 0 Å². The Morgan fingerprint density at radius 1 is 1.00 bits per heavy atom. The topological polar surface area (TPSA) is 61.4 Å². The van der Waals surface area contributed by atoms with E-state index < -0.39 is 5.82 Å². The number of likely N-dealkylation sites (N-methyl/N-ethyl adjacent to an activating group) is 1. The molecule has 126 valence electrons. The number of halogens is 2. The van der Waals surface area contributed by atoms with Gasteiger partial charge in [0.25, 0.3) is 0 Å². The smallest absolute Gasteiger partial charge is 0.238 e. The quantitative estimate of drug-likeness (QED) is 0.842. The number of carbonyl (C=O) groups is 2. The third-order valence-corrected chi connectivity index (χ3v) is 3.32. The van der Waals surface area contributed by atoms with Crippen LogP contribution < -0.4 is 10.6 Å². The van der Waals surface area contributed by atoms with Gasteiger partial charge in [-0.2, -0.15) is 0 Å². The predicted octanol–water partition coefficient (Wildman–Crippen LogP) is 2.99. The second kappa shape index (κ2) is 8.42. The number of nitrogens with one attached hydrogen (secondary N) is 2. The molecule has 0 bridgehead atoms. The zero-order chi connectivity index (χ0) is 17.5. The van der Waals surface area contributed by atoms with Gasteiger partial charge in [0.05, 0.1) is 13.1 Å². The van der Waals surface area contributed by atoms with Crippen LogP contribution in [-0.2, 0) is 9.59 Å². The highest BCUT2D eigenvalue weighted by atomic mass is 35.5. The van der Waals surface area contributed by atoms with E-state index in [9.17, 15) is 14.0 Å². The number of amides is 2. The van der Waals surface area contributed by atoms with Crippen molar-refractivity contribution in [2.75, 3.05) is 30.8 Å². The van der Waals surface area contributed by atoms with E-state index in [0.29, 0.717) is 16.4 Å². The number of anilines is 2. The summed E-state index contributed by atoms with van der Waals surface area (Å²) in [5, 5.41) is 5.87. The van der Waals surface area contributed by atoms with Crippen LogP contribution >= 0.6 is 11.6 Å². The summed E-state index contributed by atoms with van der Waals surface area (Å²) in [6.45, 7) is 0.0454. The van der Waals surface area contributed by atoms with Crippen molar-refractivity contribution < 1.29 is 14.0 Å². The minimum Gasteiger partial charge on any atom is -0.325 e. The van der Waals surface area contributed by atoms with Crippen LogP contribution in [0.25, 0.3) is 0 Å². The molecule has 24 heavy (non-hydrogen) atoms. The molecule has 2 amide bonds. The maximum absolute atomic E-state index is 13.1. The van der Waals surface area contributed by atoms with Crippen molar-refractivity contribution in [3.63, 3.8) is 0 Å². The molecule has 0 unspecified atom stereocenters. The van der Waals surface area contributed by atoms with Crippen LogP contribution in [0.4, 0.5) is 15.8 Å². The minimum atomic E-state index is -0.427. The van der Waals surface area contributed by atoms with E-state index in [1.807, 2.05) is 0 Å². The van der Waals surface area contributed by atoms with Crippen molar-refractivity contribution in [3.05, 3.63) is 59.4 Å². The number of rotatable bonds is 6. The van der Waals surface area contributed by atoms with Crippen molar-refractivity contribution in [2.45, 2.75) is 0 Å². The Bertz CT molecular complexity index is 722. The fraction of sp³-hybridized carbons (Fsp3) is 0.176. The summed E-state index contributed by atoms with van der Waals surface area (Å²) in [5.41, 5.74) is 1.00. The van der Waals surface area contributed by atoms with Gasteiger partial charge in [-0.15, -0.1) is 0 Å². The van der Waals surface area contributed by atoms with Crippen LogP contribution in [0.2, 0.25) is 5.02 Å². The molecule has 7 heteroatoms. The summed E-state index contributed by atoms with van der Waals surface area (Å²) in [7, 11) is 1.65. The molecule has 0 saturated carbocycles. The van der Waals surface area contributed by atoms with Gasteiger partial charge in [0.15, 0.2) is 0 Å². The van der Waals surface area contributed by atoms with Gasteiger partial charge in [0.1, 0.15) is 5.82 Å². The highest BCUT2D eigenvalue weighted by molar-refractivity contribution is 6.30. The van der Waals surface area contributed by atoms with Gasteiger partial charge < -0.3 is 10.6 Å². The van der Waals surface area contributed by atoms with Crippen molar-refractivity contribution in [1.29, 1.82) is 0 Å². The molecule has 0 heterocycles. The molecule has 0 saturated heterocycles. The molecule has 0 fully saturated rings. The molecule has 0 atom stereocenters. The third kappa shape index (κ3) is 5.98. The molecule has 0 spiro atoms. The van der Waals surface area contributed by atoms with Gasteiger partial charge in [-0.05, 0) is 49.5 Å². The maximum atomic E-state index is 13.1. The Balaban J connectivity index is 1.79. The average molecular weight is 350 g/mol. The van der Waals surface area contributed by atoms with Gasteiger partial charge >= 0.3 is 0 Å². The second-order valence-electron chi connectivity index (χ2n) is 5.29. The number of hydrogen-bond acceptors (Lipinski definition) is 3. The summed E-state index contributed by atoms with van der Waals surface area (Å²) in [6.07, 6.45) is 0. The van der Waals surface area contributed by atoms with Crippen LogP contribution in [0, 0.1) is 5.82 Å². The third-order valence-electron chi connectivity index (χ3n) is 3.06. The van der Waals surface area contributed by atoms with Gasteiger partial charge in [0.2, 0.25) is 11.8 Å². The lowest BCUT2D eigenvalue weighted by Crippen LogP contribution is -2.36. The lowest BCUT2D eigenvalue weighted by molar-refractivity contribution is -0.119. The highest BCUT2D eigenvalue weighted by Crippen LogP contribution is 2.13. The van der Waals surface area contributed by atoms with E-state index in [0.717, 1.165) is 0 Å². The van der Waals surface area contributed by atoms with Gasteiger partial charge in [-0.1, -0.05) is 17.7 Å². The summed E-state index contributed by atoms with van der Waals surface area (Å²) < 4.78 is 13.1. The fourth-order valence-electron chi connectivity index (χ4n) is 2.05. The molecule has 0 aliphatic heterocycles. The number of nitrogens with zero attached hydrogens (tertiary/aromatic N) is 1. The Hall–Kier alpha value is -2.44. The molecule has 5 nitrogen and oxygen atoms in total. The van der Waals surface area contributed by atoms with Gasteiger partial charge in [-0.25, -0.2) is 4.39 Å². The molecule has 0 radical (unpaired) electrons. The number of benzene rings is 2. The molecule has 2 aromatic carbocycles. The van der Waals surface area contributed by atoms with Crippen LogP contribution in [0.3, 0.4) is 0 Å². The van der Waals surface area contributed by atoms with E-state index in [1.165, 1.54) is 18.2 Å². The van der Waals surface area contributed by atoms with E-state index in [2.05, 4.69) is 10.6 Å². The molecular weight excluding hydrogens is 333 g/mol. The lowest BCUT2D eigenvalue weighted by Gasteiger charge is -2.16. The zero-order valence-electron chi connectivity index (χ0n) is 13.1. The highest BCUT2D eigenvalue weighted by Gasteiger charge is 2.11. The van der Waals surface area contributed by atoms with E-state index >= 15 is 0 Å². The first-order valence-corrected chi connectivity index (χ1v) is 7.59. The van der Waals surface area contributed by atoms with Gasteiger partial charge in [0, 0.05) is 16.4 Å². The molecule has 0 aliphatic carbocycles. The number of carbonyl (C=O) groups excluding carboxylic acids is 2. The first-order valence-electron chi connectivity index (χ1n) is 7.22. The lowest BCUT2D eigenvalue weighted by atomic mass is 10.3. The maximum Gasteiger partial charge on any atom is 0.238 e. The normalized spacial score (nSPS) is 10.5. The summed E-state index contributed by atoms with van der Waals surface area (Å²) in [5.74, 6) is -1.01. The molecule has 2 aromatic rings. The molecular formula is C17H17ClFN3O2. The van der Waals surface area contributed by atoms with Crippen LogP contribution in [-0.4, -0.2) is 36.9 Å². The first-order chi connectivity index (χ1) is 11.4. The van der Waals surface area contributed by atoms with E-state index in [1.54, 1.807) is 42.3 Å². The predicted molar refractivity (Wildman–Crippen MR) is 92.6 cm³/mol. The monoisotopic (exact) mass is 349 g/mol. The Morgan fingerprint density at radius 3 is 2.17 bits per heavy atom. The van der Waals surface area contributed by atoms with Crippen molar-refractivity contribution in [3.8, 4) is 0 Å². The Labute approximate surface area is 144 Å². The molecule has 2 N–H and O–H groups in total. The summed E-state index contributed by atoms with van der Waals surface area (Å²) in [4.78, 5) is 25.4. The second-order valence-corrected chi connectivity index (χ2v) is 5.72. The standard InChI is InChI=1S/C17H17ClFN3O2/c1-22(10-16(23)20-14-7-5-12(18)6-8-14)11-17(24)21-15-4-2-3-13(19)9-15/h2-9H,10-11H2,1H3,(H,20,23)(H,21,24). The van der Waals surface area contributed by atoms with E-state index in [4.69, 9.17) is 11.6 Å². The summed E-state index contributed by atoms with van der Waals surface area (Å²) in [6, 6.07) is 12.4. The van der Waals surface area contributed by atoms with Crippen molar-refractivity contribution >= 4 is 34.8 Å². The average Bonchev–Trinajstić information content (AvgIpc) is 2.49. The molecule has 0 aromatic heterocycles. The zero-order valence-corrected chi connectivity index (χ0v) is 13.8. The fourth-order valence-corrected chi connectivity index (χ4v) is 2.17. The van der Waals surface area contributed by atoms with Gasteiger partial charge in [-0.3, -0.25) is 14.5 Å². The summed E-state index contributed by atoms with van der Waals surface area (Å²) >= 11 is 5.78. The Kier molecular flexibility index (Phi) is 6.28. The van der Waals surface area contributed by atoms with E-state index in [-0.39, 0.29) is 24.9 Å². The first kappa shape index (κ1) is 17.9. The van der Waals surface area contributed by atoms with Crippen molar-refractivity contribution in [2.24, 2.45) is 0 Å². The SMILES string of the molecule is CN(CC(=O)Nc1ccc(Cl)cc1)CC(=O)Nc1cccc(F)c1. The van der Waals surface area contributed by atoms with Crippen LogP contribution in [0.1, 0.15) is 0 Å².